The van der Waals surface area contributed by atoms with Crippen molar-refractivity contribution in [3.8, 4) is 0 Å². The van der Waals surface area contributed by atoms with Crippen LogP contribution < -0.4 is 5.73 Å². The van der Waals surface area contributed by atoms with Gasteiger partial charge in [-0.15, -0.1) is 10.2 Å². The molecule has 1 aromatic rings. The van der Waals surface area contributed by atoms with Gasteiger partial charge in [0, 0.05) is 24.4 Å². The largest absolute Gasteiger partial charge is 0.393 e. The first kappa shape index (κ1) is 13.9. The smallest absolute Gasteiger partial charge is 0.327 e. The van der Waals surface area contributed by atoms with Crippen molar-refractivity contribution in [1.29, 1.82) is 0 Å². The summed E-state index contributed by atoms with van der Waals surface area (Å²) in [6.45, 7) is 1.93. The summed E-state index contributed by atoms with van der Waals surface area (Å²) < 4.78 is 40.5. The highest BCUT2D eigenvalue weighted by atomic mass is 19.4. The lowest BCUT2D eigenvalue weighted by Gasteiger charge is -2.32. The topological polar surface area (TPSA) is 56.7 Å². The molecule has 1 aliphatic carbocycles. The number of hydrogen-bond donors (Lipinski definition) is 1. The molecule has 1 fully saturated rings. The summed E-state index contributed by atoms with van der Waals surface area (Å²) in [4.78, 5) is 0. The number of alkyl halides is 3. The van der Waals surface area contributed by atoms with Crippen LogP contribution in [0.15, 0.2) is 0 Å². The number of fused-ring (bicyclic) bond motifs is 1. The van der Waals surface area contributed by atoms with Crippen molar-refractivity contribution in [2.75, 3.05) is 0 Å². The van der Waals surface area contributed by atoms with Crippen LogP contribution in [0.1, 0.15) is 44.3 Å². The third-order valence-corrected chi connectivity index (χ3v) is 4.95. The molecule has 3 atom stereocenters. The van der Waals surface area contributed by atoms with Gasteiger partial charge in [-0.2, -0.15) is 13.2 Å². The zero-order valence-corrected chi connectivity index (χ0v) is 11.5. The molecule has 0 saturated heterocycles. The average Bonchev–Trinajstić information content (AvgIpc) is 2.93. The Hall–Kier alpha value is -1.11. The van der Waals surface area contributed by atoms with Gasteiger partial charge in [0.2, 0.25) is 0 Å². The molecule has 112 valence electrons. The van der Waals surface area contributed by atoms with Crippen molar-refractivity contribution in [1.82, 2.24) is 14.8 Å². The Morgan fingerprint density at radius 2 is 2.05 bits per heavy atom. The second-order valence-corrected chi connectivity index (χ2v) is 6.24. The van der Waals surface area contributed by atoms with Crippen molar-refractivity contribution < 1.29 is 13.2 Å². The molecule has 0 spiro atoms. The van der Waals surface area contributed by atoms with Crippen LogP contribution in [0.4, 0.5) is 13.2 Å². The van der Waals surface area contributed by atoms with Crippen LogP contribution in [0.5, 0.6) is 0 Å². The maximum atomic E-state index is 12.9. The van der Waals surface area contributed by atoms with Crippen molar-refractivity contribution in [2.24, 2.45) is 11.7 Å². The number of nitrogens with zero attached hydrogens (tertiary/aromatic N) is 3. The van der Waals surface area contributed by atoms with E-state index in [1.807, 2.05) is 6.92 Å². The summed E-state index contributed by atoms with van der Waals surface area (Å²) in [5.41, 5.74) is 5.81. The van der Waals surface area contributed by atoms with Gasteiger partial charge >= 0.3 is 6.18 Å². The number of nitrogens with two attached hydrogens (primary N) is 1. The van der Waals surface area contributed by atoms with Gasteiger partial charge in [-0.3, -0.25) is 0 Å². The van der Waals surface area contributed by atoms with E-state index in [0.29, 0.717) is 18.1 Å². The maximum Gasteiger partial charge on any atom is 0.393 e. The number of hydrogen-bond acceptors (Lipinski definition) is 3. The fraction of sp³-hybridized carbons (Fsp3) is 0.846. The Kier molecular flexibility index (Phi) is 3.08. The number of rotatable bonds is 1. The highest BCUT2D eigenvalue weighted by molar-refractivity contribution is 5.17. The van der Waals surface area contributed by atoms with Crippen molar-refractivity contribution in [2.45, 2.75) is 63.2 Å². The normalized spacial score (nSPS) is 34.2. The fourth-order valence-corrected chi connectivity index (χ4v) is 3.49. The third kappa shape index (κ3) is 2.03. The Morgan fingerprint density at radius 3 is 2.65 bits per heavy atom. The van der Waals surface area contributed by atoms with Gasteiger partial charge in [0.05, 0.1) is 5.92 Å². The summed E-state index contributed by atoms with van der Waals surface area (Å²) in [5.74, 6) is 0.0123. The monoisotopic (exact) mass is 288 g/mol. The van der Waals surface area contributed by atoms with Crippen molar-refractivity contribution >= 4 is 0 Å². The molecule has 2 heterocycles. The second kappa shape index (κ2) is 4.44. The van der Waals surface area contributed by atoms with Crippen LogP contribution in [0.25, 0.3) is 0 Å². The van der Waals surface area contributed by atoms with Gasteiger partial charge in [0.25, 0.3) is 0 Å². The highest BCUT2D eigenvalue weighted by Gasteiger charge is 2.46. The first-order valence-corrected chi connectivity index (χ1v) is 7.07. The lowest BCUT2D eigenvalue weighted by atomic mass is 9.83. The first-order valence-electron chi connectivity index (χ1n) is 7.07. The Morgan fingerprint density at radius 1 is 1.30 bits per heavy atom. The molecule has 0 aromatic carbocycles. The number of aromatic nitrogens is 3. The highest BCUT2D eigenvalue weighted by Crippen LogP contribution is 2.41. The van der Waals surface area contributed by atoms with E-state index in [0.717, 1.165) is 19.3 Å². The number of aryl methyl sites for hydroxylation is 1. The molecule has 2 aliphatic rings. The van der Waals surface area contributed by atoms with Crippen LogP contribution in [0.3, 0.4) is 0 Å². The van der Waals surface area contributed by atoms with E-state index in [4.69, 9.17) is 5.73 Å². The zero-order valence-electron chi connectivity index (χ0n) is 11.5. The summed E-state index contributed by atoms with van der Waals surface area (Å²) in [6.07, 6.45) is -0.974. The predicted octanol–water partition coefficient (Wildman–Crippen LogP) is 2.17. The minimum Gasteiger partial charge on any atom is -0.327 e. The van der Waals surface area contributed by atoms with Crippen LogP contribution in [0.2, 0.25) is 0 Å². The predicted molar refractivity (Wildman–Crippen MR) is 67.1 cm³/mol. The molecular weight excluding hydrogens is 269 g/mol. The molecule has 4 nitrogen and oxygen atoms in total. The van der Waals surface area contributed by atoms with E-state index >= 15 is 0 Å². The molecule has 1 saturated carbocycles. The summed E-state index contributed by atoms with van der Waals surface area (Å²) in [7, 11) is 0. The van der Waals surface area contributed by atoms with Gasteiger partial charge in [-0.1, -0.05) is 13.3 Å². The first-order chi connectivity index (χ1) is 9.32. The molecule has 0 amide bonds. The van der Waals surface area contributed by atoms with Gasteiger partial charge < -0.3 is 10.3 Å². The van der Waals surface area contributed by atoms with Crippen LogP contribution in [-0.4, -0.2) is 27.0 Å². The van der Waals surface area contributed by atoms with Gasteiger partial charge in [0.1, 0.15) is 11.6 Å². The van der Waals surface area contributed by atoms with E-state index in [2.05, 4.69) is 10.2 Å². The Labute approximate surface area is 115 Å². The van der Waals surface area contributed by atoms with E-state index in [1.165, 1.54) is 0 Å². The summed E-state index contributed by atoms with van der Waals surface area (Å²) >= 11 is 0. The van der Waals surface area contributed by atoms with Crippen LogP contribution in [-0.2, 0) is 18.4 Å². The van der Waals surface area contributed by atoms with Crippen LogP contribution >= 0.6 is 0 Å². The minimum atomic E-state index is -4.15. The molecular formula is C13H19F3N4. The quantitative estimate of drug-likeness (QED) is 0.861. The summed E-state index contributed by atoms with van der Waals surface area (Å²) in [5, 5.41) is 8.27. The third-order valence-electron chi connectivity index (χ3n) is 4.95. The molecule has 3 rings (SSSR count). The lowest BCUT2D eigenvalue weighted by molar-refractivity contribution is -0.182. The SMILES string of the molecule is CC1(c2nnc3n2CC(C(F)(F)F)CC3)CCCC1N. The second-order valence-electron chi connectivity index (χ2n) is 6.24. The molecule has 0 radical (unpaired) electrons. The van der Waals surface area contributed by atoms with E-state index in [9.17, 15) is 13.2 Å². The average molecular weight is 288 g/mol. The van der Waals surface area contributed by atoms with Gasteiger partial charge in [-0.05, 0) is 19.3 Å². The number of halogens is 3. The minimum absolute atomic E-state index is 0.0536. The van der Waals surface area contributed by atoms with Crippen molar-refractivity contribution in [3.05, 3.63) is 11.6 Å². The van der Waals surface area contributed by atoms with E-state index < -0.39 is 12.1 Å². The molecule has 1 aliphatic heterocycles. The maximum absolute atomic E-state index is 12.9. The fourth-order valence-electron chi connectivity index (χ4n) is 3.49. The molecule has 0 bridgehead atoms. The van der Waals surface area contributed by atoms with Gasteiger partial charge in [0.15, 0.2) is 0 Å². The molecule has 7 heteroatoms. The summed E-state index contributed by atoms with van der Waals surface area (Å²) in [6, 6.07) is -0.0536. The van der Waals surface area contributed by atoms with E-state index in [-0.39, 0.29) is 24.4 Å². The molecule has 3 unspecified atom stereocenters. The molecule has 1 aromatic heterocycles. The molecule has 2 N–H and O–H groups in total. The van der Waals surface area contributed by atoms with Crippen molar-refractivity contribution in [3.63, 3.8) is 0 Å². The lowest BCUT2D eigenvalue weighted by Crippen LogP contribution is -2.42. The Bertz CT molecular complexity index is 510. The zero-order chi connectivity index (χ0) is 14.5. The van der Waals surface area contributed by atoms with E-state index in [1.54, 1.807) is 4.57 Å². The molecule has 20 heavy (non-hydrogen) atoms. The Balaban J connectivity index is 1.95. The van der Waals surface area contributed by atoms with Gasteiger partial charge in [-0.25, -0.2) is 0 Å². The van der Waals surface area contributed by atoms with Crippen LogP contribution in [0, 0.1) is 5.92 Å². The standard InChI is InChI=1S/C13H19F3N4/c1-12(6-2-3-9(12)17)11-19-18-10-5-4-8(7-20(10)11)13(14,15)16/h8-9H,2-7,17H2,1H3.